The van der Waals surface area contributed by atoms with Gasteiger partial charge in [-0.3, -0.25) is 9.59 Å². The molecular weight excluding hydrogens is 468 g/mol. The Morgan fingerprint density at radius 1 is 0.731 bits per heavy atom. The minimum atomic E-state index is -0.970. The van der Waals surface area contributed by atoms with Crippen molar-refractivity contribution in [3.63, 3.8) is 0 Å². The Morgan fingerprint density at radius 3 is 1.23 bits per heavy atom. The van der Waals surface area contributed by atoms with Crippen molar-refractivity contribution in [2.24, 2.45) is 11.5 Å². The molecule has 26 heavy (non-hydrogen) atoms. The number of carbonyl (C=O) groups is 2. The fourth-order valence-corrected chi connectivity index (χ4v) is 2.45. The van der Waals surface area contributed by atoms with Crippen LogP contribution in [-0.2, 0) is 22.4 Å². The number of rotatable bonds is 6. The number of hydrogen-bond donors (Lipinski definition) is 4. The zero-order valence-corrected chi connectivity index (χ0v) is 17.0. The molecule has 6 N–H and O–H groups in total. The Labute approximate surface area is 168 Å². The van der Waals surface area contributed by atoms with Crippen LogP contribution in [0.4, 0.5) is 0 Å². The summed E-state index contributed by atoms with van der Waals surface area (Å²) in [7, 11) is 0. The maximum absolute atomic E-state index is 10.4. The fraction of sp³-hybridized carbons (Fsp3) is 0.222. The van der Waals surface area contributed by atoms with Gasteiger partial charge in [0.15, 0.2) is 0 Å². The first-order valence-corrected chi connectivity index (χ1v) is 9.23. The van der Waals surface area contributed by atoms with Crippen LogP contribution in [0.25, 0.3) is 0 Å². The number of halogens is 2. The van der Waals surface area contributed by atoms with Gasteiger partial charge in [0.05, 0.1) is 0 Å². The van der Waals surface area contributed by atoms with Crippen LogP contribution in [0.5, 0.6) is 0 Å². The van der Waals surface area contributed by atoms with Gasteiger partial charge in [-0.05, 0) is 48.2 Å². The van der Waals surface area contributed by atoms with Gasteiger partial charge in [-0.15, -0.1) is 0 Å². The summed E-state index contributed by atoms with van der Waals surface area (Å²) in [5.74, 6) is -1.94. The van der Waals surface area contributed by atoms with Crippen molar-refractivity contribution < 1.29 is 19.8 Å². The summed E-state index contributed by atoms with van der Waals surface area (Å²) in [6.07, 6.45) is 0.727. The smallest absolute Gasteiger partial charge is 0.320 e. The second kappa shape index (κ2) is 11.1. The molecule has 0 bridgehead atoms. The highest BCUT2D eigenvalue weighted by Gasteiger charge is 2.12. The molecule has 0 spiro atoms. The summed E-state index contributed by atoms with van der Waals surface area (Å²) in [6.45, 7) is 0. The van der Waals surface area contributed by atoms with Gasteiger partial charge in [0.2, 0.25) is 0 Å². The number of hydrogen-bond acceptors (Lipinski definition) is 4. The number of benzene rings is 2. The lowest BCUT2D eigenvalue weighted by atomic mass is 10.1. The molecule has 2 rings (SSSR count). The molecule has 2 atom stereocenters. The van der Waals surface area contributed by atoms with Crippen LogP contribution >= 0.6 is 31.9 Å². The molecule has 0 fully saturated rings. The highest BCUT2D eigenvalue weighted by atomic mass is 79.9. The van der Waals surface area contributed by atoms with Gasteiger partial charge in [0.1, 0.15) is 12.1 Å². The highest BCUT2D eigenvalue weighted by molar-refractivity contribution is 9.10. The van der Waals surface area contributed by atoms with E-state index in [4.69, 9.17) is 21.7 Å². The Kier molecular flexibility index (Phi) is 9.50. The van der Waals surface area contributed by atoms with Crippen LogP contribution in [0.3, 0.4) is 0 Å². The molecule has 0 aliphatic rings. The normalized spacial score (nSPS) is 12.5. The quantitative estimate of drug-likeness (QED) is 0.496. The highest BCUT2D eigenvalue weighted by Crippen LogP contribution is 2.12. The first-order chi connectivity index (χ1) is 12.2. The van der Waals surface area contributed by atoms with Crippen molar-refractivity contribution in [2.45, 2.75) is 24.9 Å². The van der Waals surface area contributed by atoms with Gasteiger partial charge < -0.3 is 21.7 Å². The fourth-order valence-electron chi connectivity index (χ4n) is 1.92. The van der Waals surface area contributed by atoms with E-state index in [9.17, 15) is 9.59 Å². The zero-order valence-electron chi connectivity index (χ0n) is 13.8. The number of nitrogens with two attached hydrogens (primary N) is 2. The first-order valence-electron chi connectivity index (χ1n) is 7.64. The predicted molar refractivity (Wildman–Crippen MR) is 107 cm³/mol. The van der Waals surface area contributed by atoms with Crippen molar-refractivity contribution in [3.8, 4) is 0 Å². The van der Waals surface area contributed by atoms with E-state index in [1.165, 1.54) is 0 Å². The first kappa shape index (κ1) is 22.3. The van der Waals surface area contributed by atoms with Gasteiger partial charge in [-0.25, -0.2) is 0 Å². The summed E-state index contributed by atoms with van der Waals surface area (Å²) in [5, 5.41) is 17.1. The van der Waals surface area contributed by atoms with Crippen LogP contribution in [0.2, 0.25) is 0 Å². The molecule has 0 saturated heterocycles. The molecule has 0 aliphatic carbocycles. The number of carboxylic acids is 2. The van der Waals surface area contributed by atoms with E-state index in [2.05, 4.69) is 31.9 Å². The van der Waals surface area contributed by atoms with Crippen molar-refractivity contribution in [1.82, 2.24) is 0 Å². The van der Waals surface area contributed by atoms with E-state index in [1.54, 1.807) is 0 Å². The third-order valence-electron chi connectivity index (χ3n) is 3.37. The largest absolute Gasteiger partial charge is 0.480 e. The summed E-state index contributed by atoms with van der Waals surface area (Å²) < 4.78 is 1.94. The van der Waals surface area contributed by atoms with Gasteiger partial charge in [0, 0.05) is 8.95 Å². The topological polar surface area (TPSA) is 127 Å². The maximum Gasteiger partial charge on any atom is 0.320 e. The van der Waals surface area contributed by atoms with Crippen LogP contribution in [0, 0.1) is 0 Å². The van der Waals surface area contributed by atoms with Crippen molar-refractivity contribution in [1.29, 1.82) is 0 Å². The van der Waals surface area contributed by atoms with E-state index < -0.39 is 24.0 Å². The molecule has 0 saturated carbocycles. The summed E-state index contributed by atoms with van der Waals surface area (Å²) in [4.78, 5) is 20.9. The van der Waals surface area contributed by atoms with Crippen LogP contribution in [-0.4, -0.2) is 34.2 Å². The monoisotopic (exact) mass is 486 g/mol. The third kappa shape index (κ3) is 8.57. The van der Waals surface area contributed by atoms with Crippen LogP contribution in [0.1, 0.15) is 11.1 Å². The minimum Gasteiger partial charge on any atom is -0.480 e. The molecule has 0 unspecified atom stereocenters. The van der Waals surface area contributed by atoms with Crippen molar-refractivity contribution >= 4 is 43.8 Å². The maximum atomic E-state index is 10.4. The molecule has 2 aromatic rings. The Hall–Kier alpha value is -1.74. The van der Waals surface area contributed by atoms with Gasteiger partial charge in [-0.1, -0.05) is 56.1 Å². The predicted octanol–water partition coefficient (Wildman–Crippen LogP) is 2.81. The van der Waals surface area contributed by atoms with Crippen LogP contribution in [0.15, 0.2) is 57.5 Å². The van der Waals surface area contributed by atoms with Crippen molar-refractivity contribution in [2.75, 3.05) is 0 Å². The third-order valence-corrected chi connectivity index (χ3v) is 4.43. The molecule has 140 valence electrons. The second-order valence-electron chi connectivity index (χ2n) is 5.55. The lowest BCUT2D eigenvalue weighted by molar-refractivity contribution is -0.139. The summed E-state index contributed by atoms with van der Waals surface area (Å²) in [5.41, 5.74) is 12.6. The Morgan fingerprint density at radius 2 is 1.00 bits per heavy atom. The van der Waals surface area contributed by atoms with E-state index in [0.717, 1.165) is 20.1 Å². The summed E-state index contributed by atoms with van der Waals surface area (Å²) >= 11 is 6.59. The van der Waals surface area contributed by atoms with Gasteiger partial charge >= 0.3 is 11.9 Å². The molecule has 2 aromatic carbocycles. The average molecular weight is 488 g/mol. The molecule has 0 amide bonds. The Bertz CT molecular complexity index is 657. The molecule has 0 radical (unpaired) electrons. The zero-order chi connectivity index (χ0) is 19.7. The molecule has 6 nitrogen and oxygen atoms in total. The SMILES string of the molecule is N[C@@H](Cc1ccc(Br)cc1)C(=O)O.N[C@@H](Cc1ccc(Br)cc1)C(=O)O. The molecular formula is C18H20Br2N2O4. The summed E-state index contributed by atoms with van der Waals surface area (Å²) in [6, 6.07) is 13.2. The number of aliphatic carboxylic acids is 2. The number of carboxylic acid groups (broad SMARTS) is 2. The second-order valence-corrected chi connectivity index (χ2v) is 7.38. The van der Waals surface area contributed by atoms with E-state index in [0.29, 0.717) is 12.8 Å². The molecule has 0 heterocycles. The lowest BCUT2D eigenvalue weighted by Gasteiger charge is -2.05. The van der Waals surface area contributed by atoms with Gasteiger partial charge in [0.25, 0.3) is 0 Å². The Balaban J connectivity index is 0.000000260. The standard InChI is InChI=1S/2C9H10BrNO2/c2*10-7-3-1-6(2-4-7)5-8(11)9(12)13/h2*1-4,8H,5,11H2,(H,12,13)/t2*8-/m00/s1. The van der Waals surface area contributed by atoms with E-state index in [-0.39, 0.29) is 0 Å². The lowest BCUT2D eigenvalue weighted by Crippen LogP contribution is -2.32. The molecule has 8 heteroatoms. The van der Waals surface area contributed by atoms with E-state index in [1.807, 2.05) is 48.5 Å². The van der Waals surface area contributed by atoms with Crippen LogP contribution < -0.4 is 11.5 Å². The van der Waals surface area contributed by atoms with Gasteiger partial charge in [-0.2, -0.15) is 0 Å². The van der Waals surface area contributed by atoms with E-state index >= 15 is 0 Å². The minimum absolute atomic E-state index is 0.364. The molecule has 0 aromatic heterocycles. The van der Waals surface area contributed by atoms with Crippen molar-refractivity contribution in [3.05, 3.63) is 68.6 Å². The average Bonchev–Trinajstić information content (AvgIpc) is 2.59. The molecule has 0 aliphatic heterocycles.